The minimum absolute atomic E-state index is 0.148. The van der Waals surface area contributed by atoms with Crippen molar-refractivity contribution in [1.82, 2.24) is 15.3 Å². The van der Waals surface area contributed by atoms with Gasteiger partial charge in [-0.2, -0.15) is 0 Å². The van der Waals surface area contributed by atoms with E-state index in [9.17, 15) is 0 Å². The van der Waals surface area contributed by atoms with Crippen LogP contribution in [0.25, 0.3) is 0 Å². The Labute approximate surface area is 136 Å². The number of benzene rings is 1. The van der Waals surface area contributed by atoms with Crippen LogP contribution in [0.1, 0.15) is 23.7 Å². The summed E-state index contributed by atoms with van der Waals surface area (Å²) in [5.41, 5.74) is 7.94. The lowest BCUT2D eigenvalue weighted by Crippen LogP contribution is -2.25. The molecule has 1 aromatic carbocycles. The predicted molar refractivity (Wildman–Crippen MR) is 87.9 cm³/mol. The normalized spacial score (nSPS) is 20.6. The molecule has 2 heterocycles. The Bertz CT molecular complexity index is 636. The molecule has 3 N–H and O–H groups in total. The lowest BCUT2D eigenvalue weighted by atomic mass is 9.95. The molecule has 23 heavy (non-hydrogen) atoms. The van der Waals surface area contributed by atoms with Gasteiger partial charge in [0.05, 0.1) is 18.8 Å². The lowest BCUT2D eigenvalue weighted by Gasteiger charge is -2.19. The van der Waals surface area contributed by atoms with Crippen molar-refractivity contribution in [1.29, 1.82) is 0 Å². The van der Waals surface area contributed by atoms with Gasteiger partial charge in [-0.25, -0.2) is 9.97 Å². The van der Waals surface area contributed by atoms with Gasteiger partial charge in [0, 0.05) is 25.6 Å². The number of hydrogen-bond donors (Lipinski definition) is 2. The largest absolute Gasteiger partial charge is 0.481 e. The van der Waals surface area contributed by atoms with Crippen molar-refractivity contribution >= 4 is 5.82 Å². The molecule has 1 saturated heterocycles. The molecule has 122 valence electrons. The summed E-state index contributed by atoms with van der Waals surface area (Å²) in [6.07, 6.45) is 2.60. The third kappa shape index (κ3) is 3.60. The number of nitrogens with two attached hydrogens (primary N) is 1. The van der Waals surface area contributed by atoms with Crippen LogP contribution >= 0.6 is 0 Å². The molecular formula is C17H22N4O2. The maximum Gasteiger partial charge on any atom is 0.222 e. The van der Waals surface area contributed by atoms with E-state index in [-0.39, 0.29) is 6.10 Å². The number of ether oxygens (including phenoxy) is 2. The Morgan fingerprint density at radius 2 is 2.13 bits per heavy atom. The van der Waals surface area contributed by atoms with Gasteiger partial charge in [0.2, 0.25) is 5.88 Å². The van der Waals surface area contributed by atoms with Gasteiger partial charge >= 0.3 is 0 Å². The maximum absolute atomic E-state index is 5.91. The zero-order valence-electron chi connectivity index (χ0n) is 13.2. The molecule has 1 aromatic heterocycles. The fourth-order valence-corrected chi connectivity index (χ4v) is 2.99. The van der Waals surface area contributed by atoms with Crippen molar-refractivity contribution in [2.24, 2.45) is 5.92 Å². The third-order valence-electron chi connectivity index (χ3n) is 4.18. The molecule has 2 atom stereocenters. The minimum Gasteiger partial charge on any atom is -0.481 e. The molecule has 1 aliphatic rings. The number of anilines is 1. The Hall–Kier alpha value is -2.18. The first kappa shape index (κ1) is 15.7. The zero-order valence-corrected chi connectivity index (χ0v) is 13.2. The van der Waals surface area contributed by atoms with E-state index in [4.69, 9.17) is 15.2 Å². The molecule has 1 aliphatic heterocycles. The molecule has 3 rings (SSSR count). The molecule has 1 fully saturated rings. The molecule has 0 radical (unpaired) electrons. The fourth-order valence-electron chi connectivity index (χ4n) is 2.99. The summed E-state index contributed by atoms with van der Waals surface area (Å²) in [4.78, 5) is 8.12. The average Bonchev–Trinajstić information content (AvgIpc) is 3.05. The van der Waals surface area contributed by atoms with Crippen molar-refractivity contribution in [3.05, 3.63) is 47.8 Å². The molecular weight excluding hydrogens is 292 g/mol. The topological polar surface area (TPSA) is 82.3 Å². The van der Waals surface area contributed by atoms with Crippen LogP contribution in [0.5, 0.6) is 5.88 Å². The lowest BCUT2D eigenvalue weighted by molar-refractivity contribution is 0.0904. The van der Waals surface area contributed by atoms with E-state index in [0.717, 1.165) is 25.1 Å². The van der Waals surface area contributed by atoms with Gasteiger partial charge in [0.15, 0.2) is 0 Å². The van der Waals surface area contributed by atoms with Gasteiger partial charge in [0.1, 0.15) is 12.1 Å². The second-order valence-corrected chi connectivity index (χ2v) is 5.63. The molecule has 0 saturated carbocycles. The van der Waals surface area contributed by atoms with E-state index in [0.29, 0.717) is 24.2 Å². The molecule has 6 nitrogen and oxygen atoms in total. The molecule has 0 aliphatic carbocycles. The van der Waals surface area contributed by atoms with Crippen LogP contribution in [0.4, 0.5) is 5.82 Å². The number of nitrogens with zero attached hydrogens (tertiary/aromatic N) is 2. The first-order valence-corrected chi connectivity index (χ1v) is 7.80. The number of rotatable bonds is 6. The van der Waals surface area contributed by atoms with Crippen LogP contribution in [0, 0.1) is 5.92 Å². The molecule has 0 bridgehead atoms. The van der Waals surface area contributed by atoms with Crippen molar-refractivity contribution in [3.63, 3.8) is 0 Å². The maximum atomic E-state index is 5.91. The van der Waals surface area contributed by atoms with Crippen LogP contribution in [0.3, 0.4) is 0 Å². The van der Waals surface area contributed by atoms with E-state index >= 15 is 0 Å². The highest BCUT2D eigenvalue weighted by Gasteiger charge is 2.29. The van der Waals surface area contributed by atoms with Crippen molar-refractivity contribution in [2.75, 3.05) is 26.0 Å². The minimum atomic E-state index is 0.148. The smallest absolute Gasteiger partial charge is 0.222 e. The van der Waals surface area contributed by atoms with E-state index < -0.39 is 0 Å². The number of methoxy groups -OCH3 is 1. The number of nitrogen functional groups attached to an aromatic ring is 1. The first-order chi connectivity index (χ1) is 11.3. The van der Waals surface area contributed by atoms with E-state index in [1.807, 2.05) is 18.2 Å². The van der Waals surface area contributed by atoms with Gasteiger partial charge in [0.25, 0.3) is 0 Å². The van der Waals surface area contributed by atoms with Gasteiger partial charge in [-0.3, -0.25) is 0 Å². The van der Waals surface area contributed by atoms with E-state index in [1.165, 1.54) is 11.9 Å². The summed E-state index contributed by atoms with van der Waals surface area (Å²) in [6, 6.07) is 10.4. The number of hydrogen-bond acceptors (Lipinski definition) is 6. The summed E-state index contributed by atoms with van der Waals surface area (Å²) in [6.45, 7) is 2.22. The van der Waals surface area contributed by atoms with Crippen LogP contribution in [0.2, 0.25) is 0 Å². The van der Waals surface area contributed by atoms with E-state index in [2.05, 4.69) is 27.4 Å². The van der Waals surface area contributed by atoms with Crippen molar-refractivity contribution in [2.45, 2.75) is 19.1 Å². The monoisotopic (exact) mass is 314 g/mol. The van der Waals surface area contributed by atoms with Crippen LogP contribution < -0.4 is 15.8 Å². The standard InChI is InChI=1S/C17H22N4O2/c1-22-17-14(16(18)20-11-21-17)10-19-9-13-7-8-23-15(13)12-5-3-2-4-6-12/h2-6,11,13,15,19H,7-10H2,1H3,(H2,18,20,21)/t13-,15-/m0/s1. The zero-order chi connectivity index (χ0) is 16.1. The molecule has 0 amide bonds. The van der Waals surface area contributed by atoms with Crippen LogP contribution in [0.15, 0.2) is 36.7 Å². The first-order valence-electron chi connectivity index (χ1n) is 7.80. The van der Waals surface area contributed by atoms with Crippen LogP contribution in [-0.4, -0.2) is 30.2 Å². The van der Waals surface area contributed by atoms with Gasteiger partial charge in [-0.05, 0) is 12.0 Å². The highest BCUT2D eigenvalue weighted by molar-refractivity contribution is 5.44. The summed E-state index contributed by atoms with van der Waals surface area (Å²) >= 11 is 0. The van der Waals surface area contributed by atoms with Gasteiger partial charge < -0.3 is 20.5 Å². The molecule has 0 spiro atoms. The highest BCUT2D eigenvalue weighted by Crippen LogP contribution is 2.34. The number of nitrogens with one attached hydrogen (secondary N) is 1. The SMILES string of the molecule is COc1ncnc(N)c1CNC[C@@H]1CCO[C@H]1c1ccccc1. The van der Waals surface area contributed by atoms with Gasteiger partial charge in [-0.15, -0.1) is 0 Å². The Morgan fingerprint density at radius 1 is 1.30 bits per heavy atom. The second-order valence-electron chi connectivity index (χ2n) is 5.63. The van der Waals surface area contributed by atoms with Crippen LogP contribution in [-0.2, 0) is 11.3 Å². The highest BCUT2D eigenvalue weighted by atomic mass is 16.5. The Kier molecular flexibility index (Phi) is 5.05. The summed E-state index contributed by atoms with van der Waals surface area (Å²) in [7, 11) is 1.58. The Balaban J connectivity index is 1.60. The Morgan fingerprint density at radius 3 is 2.91 bits per heavy atom. The molecule has 6 heteroatoms. The van der Waals surface area contributed by atoms with Crippen molar-refractivity contribution < 1.29 is 9.47 Å². The summed E-state index contributed by atoms with van der Waals surface area (Å²) < 4.78 is 11.2. The molecule has 0 unspecified atom stereocenters. The summed E-state index contributed by atoms with van der Waals surface area (Å²) in [5.74, 6) is 1.41. The number of aromatic nitrogens is 2. The van der Waals surface area contributed by atoms with Gasteiger partial charge in [-0.1, -0.05) is 30.3 Å². The molecule has 2 aromatic rings. The van der Waals surface area contributed by atoms with E-state index in [1.54, 1.807) is 7.11 Å². The summed E-state index contributed by atoms with van der Waals surface area (Å²) in [5, 5.41) is 3.44. The average molecular weight is 314 g/mol. The second kappa shape index (κ2) is 7.39. The quantitative estimate of drug-likeness (QED) is 0.848. The fraction of sp³-hybridized carbons (Fsp3) is 0.412. The van der Waals surface area contributed by atoms with Crippen molar-refractivity contribution in [3.8, 4) is 5.88 Å². The third-order valence-corrected chi connectivity index (χ3v) is 4.18. The predicted octanol–water partition coefficient (Wildman–Crippen LogP) is 1.93.